The van der Waals surface area contributed by atoms with Crippen molar-refractivity contribution in [1.29, 1.82) is 0 Å². The fourth-order valence-corrected chi connectivity index (χ4v) is 3.68. The predicted octanol–water partition coefficient (Wildman–Crippen LogP) is 2.93. The van der Waals surface area contributed by atoms with Crippen molar-refractivity contribution in [1.82, 2.24) is 0 Å². The Morgan fingerprint density at radius 2 is 2.08 bits per heavy atom. The maximum absolute atomic E-state index is 12.6. The standard InChI is InChI=1S/C20H24NO3/c1-3-4-8-15-11-16-12-21(13-17(16)19(15)22)18(20(23)24-2)14-9-6-5-7-10-14/h5-7,9-11,13,16-18H,3-4,8,12H2,1-2H3/q+1/t16-,17+,18+/m1/s1. The molecule has 3 atom stereocenters. The van der Waals surface area contributed by atoms with Crippen LogP contribution in [0.1, 0.15) is 37.8 Å². The molecule has 1 heterocycles. The molecule has 1 aliphatic carbocycles. The van der Waals surface area contributed by atoms with Crippen molar-refractivity contribution in [2.45, 2.75) is 32.2 Å². The molecule has 1 aliphatic heterocycles. The Hall–Kier alpha value is -2.23. The topological polar surface area (TPSA) is 46.4 Å². The Bertz CT molecular complexity index is 690. The summed E-state index contributed by atoms with van der Waals surface area (Å²) in [6, 6.07) is 9.11. The Labute approximate surface area is 142 Å². The van der Waals surface area contributed by atoms with Crippen LogP contribution in [0.5, 0.6) is 0 Å². The molecule has 0 radical (unpaired) electrons. The Morgan fingerprint density at radius 1 is 1.33 bits per heavy atom. The molecule has 0 unspecified atom stereocenters. The number of ketones is 1. The fraction of sp³-hybridized carbons (Fsp3) is 0.450. The highest BCUT2D eigenvalue weighted by Gasteiger charge is 2.47. The number of hydrogen-bond acceptors (Lipinski definition) is 3. The molecular formula is C20H24NO3+. The maximum atomic E-state index is 12.6. The third kappa shape index (κ3) is 3.05. The highest BCUT2D eigenvalue weighted by molar-refractivity contribution is 6.08. The predicted molar refractivity (Wildman–Crippen MR) is 92.0 cm³/mol. The Balaban J connectivity index is 1.82. The van der Waals surface area contributed by atoms with Crippen LogP contribution < -0.4 is 0 Å². The van der Waals surface area contributed by atoms with Gasteiger partial charge in [-0.15, -0.1) is 0 Å². The molecule has 0 bridgehead atoms. The zero-order valence-electron chi connectivity index (χ0n) is 14.3. The van der Waals surface area contributed by atoms with E-state index in [-0.39, 0.29) is 23.6 Å². The number of methoxy groups -OCH3 is 1. The van der Waals surface area contributed by atoms with Gasteiger partial charge in [-0.05, 0) is 18.4 Å². The molecule has 0 saturated carbocycles. The smallest absolute Gasteiger partial charge is 0.380 e. The summed E-state index contributed by atoms with van der Waals surface area (Å²) in [5.41, 5.74) is 1.86. The van der Waals surface area contributed by atoms with Crippen molar-refractivity contribution in [3.63, 3.8) is 0 Å². The molecule has 0 aromatic heterocycles. The number of carbonyl (C=O) groups is 2. The van der Waals surface area contributed by atoms with Gasteiger partial charge in [0.1, 0.15) is 5.92 Å². The average Bonchev–Trinajstić information content (AvgIpc) is 3.13. The first-order chi connectivity index (χ1) is 11.7. The minimum Gasteiger partial charge on any atom is -0.464 e. The van der Waals surface area contributed by atoms with Crippen molar-refractivity contribution in [3.8, 4) is 0 Å². The normalized spacial score (nSPS) is 23.5. The molecule has 4 nitrogen and oxygen atoms in total. The molecule has 0 spiro atoms. The Morgan fingerprint density at radius 3 is 2.71 bits per heavy atom. The molecule has 4 heteroatoms. The van der Waals surface area contributed by atoms with Gasteiger partial charge in [-0.2, -0.15) is 0 Å². The summed E-state index contributed by atoms with van der Waals surface area (Å²) in [6.45, 7) is 2.82. The number of fused-ring (bicyclic) bond motifs is 1. The molecule has 24 heavy (non-hydrogen) atoms. The number of rotatable bonds is 6. The van der Waals surface area contributed by atoms with Crippen LogP contribution >= 0.6 is 0 Å². The second kappa shape index (κ2) is 7.12. The van der Waals surface area contributed by atoms with E-state index < -0.39 is 6.04 Å². The maximum Gasteiger partial charge on any atom is 0.380 e. The van der Waals surface area contributed by atoms with Gasteiger partial charge in [0.05, 0.1) is 13.0 Å². The van der Waals surface area contributed by atoms with Gasteiger partial charge < -0.3 is 4.74 Å². The number of benzene rings is 1. The van der Waals surface area contributed by atoms with Crippen LogP contribution in [-0.4, -0.2) is 36.2 Å². The van der Waals surface area contributed by atoms with Crippen LogP contribution in [0, 0.1) is 11.8 Å². The summed E-state index contributed by atoms with van der Waals surface area (Å²) in [5, 5.41) is 0. The number of Topliss-reactive ketones (excluding diaryl/α,β-unsaturated/α-hetero) is 1. The van der Waals surface area contributed by atoms with Crippen LogP contribution in [0.3, 0.4) is 0 Å². The van der Waals surface area contributed by atoms with Crippen molar-refractivity contribution in [2.75, 3.05) is 13.7 Å². The monoisotopic (exact) mass is 326 g/mol. The van der Waals surface area contributed by atoms with Crippen LogP contribution in [0.15, 0.2) is 42.0 Å². The second-order valence-corrected chi connectivity index (χ2v) is 6.53. The number of ether oxygens (including phenoxy) is 1. The first kappa shape index (κ1) is 16.6. The van der Waals surface area contributed by atoms with Crippen LogP contribution in [-0.2, 0) is 14.3 Å². The summed E-state index contributed by atoms with van der Waals surface area (Å²) in [7, 11) is 1.41. The lowest BCUT2D eigenvalue weighted by atomic mass is 9.98. The molecule has 2 aliphatic rings. The molecular weight excluding hydrogens is 302 g/mol. The lowest BCUT2D eigenvalue weighted by Crippen LogP contribution is -2.27. The third-order valence-electron chi connectivity index (χ3n) is 4.94. The quantitative estimate of drug-likeness (QED) is 0.596. The molecule has 126 valence electrons. The highest BCUT2D eigenvalue weighted by atomic mass is 16.5. The van der Waals surface area contributed by atoms with E-state index in [1.54, 1.807) is 0 Å². The van der Waals surface area contributed by atoms with Gasteiger partial charge in [-0.25, -0.2) is 9.37 Å². The highest BCUT2D eigenvalue weighted by Crippen LogP contribution is 2.35. The molecule has 0 saturated heterocycles. The van der Waals surface area contributed by atoms with Gasteiger partial charge in [0.15, 0.2) is 18.5 Å². The number of carbonyl (C=O) groups excluding carboxylic acids is 2. The molecule has 0 fully saturated rings. The third-order valence-corrected chi connectivity index (χ3v) is 4.94. The van der Waals surface area contributed by atoms with Crippen molar-refractivity contribution < 1.29 is 18.9 Å². The number of nitrogens with zero attached hydrogens (tertiary/aromatic N) is 1. The van der Waals surface area contributed by atoms with E-state index in [2.05, 4.69) is 13.0 Å². The van der Waals surface area contributed by atoms with Crippen molar-refractivity contribution in [2.24, 2.45) is 11.8 Å². The molecule has 1 aromatic rings. The average molecular weight is 326 g/mol. The summed E-state index contributed by atoms with van der Waals surface area (Å²) in [5.74, 6) is 0.000588. The largest absolute Gasteiger partial charge is 0.464 e. The second-order valence-electron chi connectivity index (χ2n) is 6.53. The fourth-order valence-electron chi connectivity index (χ4n) is 3.68. The van der Waals surface area contributed by atoms with E-state index in [4.69, 9.17) is 4.74 Å². The lowest BCUT2D eigenvalue weighted by molar-refractivity contribution is -0.552. The number of allylic oxidation sites excluding steroid dienone is 1. The molecule has 0 amide bonds. The first-order valence-corrected chi connectivity index (χ1v) is 8.64. The first-order valence-electron chi connectivity index (χ1n) is 8.64. The number of unbranched alkanes of at least 4 members (excludes halogenated alkanes) is 1. The summed E-state index contributed by atoms with van der Waals surface area (Å²) in [6.07, 6.45) is 7.08. The molecule has 1 aromatic carbocycles. The van der Waals surface area contributed by atoms with Gasteiger partial charge in [-0.1, -0.05) is 49.8 Å². The molecule has 0 N–H and O–H groups in total. The van der Waals surface area contributed by atoms with E-state index >= 15 is 0 Å². The number of esters is 1. The van der Waals surface area contributed by atoms with E-state index in [0.29, 0.717) is 6.54 Å². The van der Waals surface area contributed by atoms with Gasteiger partial charge in [-0.3, -0.25) is 4.79 Å². The lowest BCUT2D eigenvalue weighted by Gasteiger charge is -2.12. The SMILES string of the molecule is CCCCC1=C[C@@H]2C[N+]([C@H](C(=O)OC)c3ccccc3)=C[C@@H]2C1=O. The van der Waals surface area contributed by atoms with Gasteiger partial charge >= 0.3 is 5.97 Å². The van der Waals surface area contributed by atoms with Crippen LogP contribution in [0.2, 0.25) is 0 Å². The van der Waals surface area contributed by atoms with Crippen molar-refractivity contribution >= 4 is 18.0 Å². The van der Waals surface area contributed by atoms with E-state index in [0.717, 1.165) is 30.4 Å². The Kier molecular flexibility index (Phi) is 4.93. The molecule has 3 rings (SSSR count). The zero-order chi connectivity index (χ0) is 17.1. The number of hydrogen-bond donors (Lipinski definition) is 0. The van der Waals surface area contributed by atoms with Gasteiger partial charge in [0.2, 0.25) is 0 Å². The van der Waals surface area contributed by atoms with Crippen LogP contribution in [0.25, 0.3) is 0 Å². The van der Waals surface area contributed by atoms with E-state index in [9.17, 15) is 9.59 Å². The van der Waals surface area contributed by atoms with Gasteiger partial charge in [0.25, 0.3) is 6.04 Å². The zero-order valence-corrected chi connectivity index (χ0v) is 14.3. The minimum absolute atomic E-state index is 0.118. The van der Waals surface area contributed by atoms with E-state index in [1.807, 2.05) is 41.1 Å². The summed E-state index contributed by atoms with van der Waals surface area (Å²) >= 11 is 0. The van der Waals surface area contributed by atoms with Gasteiger partial charge in [0, 0.05) is 5.56 Å². The van der Waals surface area contributed by atoms with E-state index in [1.165, 1.54) is 7.11 Å². The summed E-state index contributed by atoms with van der Waals surface area (Å²) in [4.78, 5) is 24.9. The minimum atomic E-state index is -0.484. The van der Waals surface area contributed by atoms with Crippen molar-refractivity contribution in [3.05, 3.63) is 47.5 Å². The summed E-state index contributed by atoms with van der Waals surface area (Å²) < 4.78 is 6.98. The van der Waals surface area contributed by atoms with Crippen LogP contribution in [0.4, 0.5) is 0 Å².